The lowest BCUT2D eigenvalue weighted by molar-refractivity contribution is -0.133. The van der Waals surface area contributed by atoms with Gasteiger partial charge in [-0.25, -0.2) is 4.79 Å². The van der Waals surface area contributed by atoms with Crippen molar-refractivity contribution < 1.29 is 19.1 Å². The first-order chi connectivity index (χ1) is 26.5. The van der Waals surface area contributed by atoms with E-state index in [4.69, 9.17) is 9.72 Å². The molecule has 0 bridgehead atoms. The Kier molecular flexibility index (Phi) is 9.14. The lowest BCUT2D eigenvalue weighted by Gasteiger charge is -2.23. The summed E-state index contributed by atoms with van der Waals surface area (Å²) in [4.78, 5) is 58.9. The zero-order valence-electron chi connectivity index (χ0n) is 30.9. The van der Waals surface area contributed by atoms with Gasteiger partial charge in [0.2, 0.25) is 11.8 Å². The molecule has 12 heteroatoms. The minimum Gasteiger partial charge on any atom is -0.491 e. The Bertz CT molecular complexity index is 2680. The summed E-state index contributed by atoms with van der Waals surface area (Å²) in [6.45, 7) is 4.91. The molecule has 55 heavy (non-hydrogen) atoms. The number of imidazole rings is 1. The van der Waals surface area contributed by atoms with Gasteiger partial charge < -0.3 is 15.4 Å². The predicted molar refractivity (Wildman–Crippen MR) is 211 cm³/mol. The molecule has 2 aliphatic rings. The van der Waals surface area contributed by atoms with E-state index >= 15 is 0 Å². The maximum Gasteiger partial charge on any atom is 0.328 e. The van der Waals surface area contributed by atoms with Crippen molar-refractivity contribution in [2.75, 3.05) is 18.5 Å². The lowest BCUT2D eigenvalue weighted by Crippen LogP contribution is -2.47. The molecule has 1 fully saturated rings. The SMILES string of the molecule is CC(C)c1cc(-c2cccc3cc(-c4ccc(C(=O)NCC#Cc5cc6c(c(NC7CCC(=O)NC7=O)c5)OCC6)nc4)ncc23)cc2c1n(C)c(=O)n2C. The van der Waals surface area contributed by atoms with Crippen LogP contribution < -0.4 is 26.4 Å². The van der Waals surface area contributed by atoms with E-state index in [0.29, 0.717) is 24.5 Å². The van der Waals surface area contributed by atoms with Gasteiger partial charge in [-0.3, -0.25) is 38.8 Å². The van der Waals surface area contributed by atoms with Crippen LogP contribution in [-0.4, -0.2) is 56.0 Å². The van der Waals surface area contributed by atoms with E-state index in [9.17, 15) is 19.2 Å². The van der Waals surface area contributed by atoms with E-state index in [1.54, 1.807) is 21.4 Å². The maximum absolute atomic E-state index is 13.0. The van der Waals surface area contributed by atoms with Gasteiger partial charge in [0.05, 0.1) is 35.6 Å². The van der Waals surface area contributed by atoms with Gasteiger partial charge in [-0.15, -0.1) is 0 Å². The summed E-state index contributed by atoms with van der Waals surface area (Å²) in [5, 5.41) is 10.4. The highest BCUT2D eigenvalue weighted by Gasteiger charge is 2.28. The van der Waals surface area contributed by atoms with Crippen molar-refractivity contribution in [2.45, 2.75) is 45.1 Å². The number of fused-ring (bicyclic) bond motifs is 3. The van der Waals surface area contributed by atoms with Gasteiger partial charge in [0.25, 0.3) is 5.91 Å². The molecule has 2 aliphatic heterocycles. The van der Waals surface area contributed by atoms with Gasteiger partial charge in [-0.1, -0.05) is 43.9 Å². The number of pyridine rings is 2. The Hall–Kier alpha value is -6.74. The lowest BCUT2D eigenvalue weighted by atomic mass is 9.93. The number of aromatic nitrogens is 4. The minimum atomic E-state index is -0.545. The molecule has 12 nitrogen and oxygen atoms in total. The number of benzene rings is 3. The molecule has 0 radical (unpaired) electrons. The molecule has 276 valence electrons. The Balaban J connectivity index is 0.962. The number of carbonyl (C=O) groups excluding carboxylic acids is 3. The number of ether oxygens (including phenoxy) is 1. The number of anilines is 1. The molecule has 1 saturated heterocycles. The highest BCUT2D eigenvalue weighted by atomic mass is 16.5. The molecule has 1 atom stereocenters. The van der Waals surface area contributed by atoms with E-state index in [1.807, 2.05) is 56.7 Å². The number of rotatable bonds is 7. The summed E-state index contributed by atoms with van der Waals surface area (Å²) in [6.07, 6.45) is 4.89. The number of piperidine rings is 1. The van der Waals surface area contributed by atoms with Crippen LogP contribution in [0.25, 0.3) is 44.2 Å². The summed E-state index contributed by atoms with van der Waals surface area (Å²) in [5.74, 6) is 6.03. The second-order valence-electron chi connectivity index (χ2n) is 14.3. The molecule has 5 heterocycles. The molecule has 6 aromatic rings. The van der Waals surface area contributed by atoms with Crippen molar-refractivity contribution in [1.29, 1.82) is 0 Å². The summed E-state index contributed by atoms with van der Waals surface area (Å²) in [5.41, 5.74) is 9.06. The summed E-state index contributed by atoms with van der Waals surface area (Å²) in [7, 11) is 3.63. The van der Waals surface area contributed by atoms with Crippen molar-refractivity contribution in [1.82, 2.24) is 29.7 Å². The van der Waals surface area contributed by atoms with Gasteiger partial charge in [0, 0.05) is 61.4 Å². The van der Waals surface area contributed by atoms with Crippen molar-refractivity contribution in [3.05, 3.63) is 106 Å². The smallest absolute Gasteiger partial charge is 0.328 e. The number of imide groups is 1. The first-order valence-corrected chi connectivity index (χ1v) is 18.3. The number of hydrogen-bond acceptors (Lipinski definition) is 8. The molecule has 8 rings (SSSR count). The number of nitrogens with one attached hydrogen (secondary N) is 3. The summed E-state index contributed by atoms with van der Waals surface area (Å²) >= 11 is 0. The molecule has 3 aromatic heterocycles. The number of nitrogens with zero attached hydrogens (tertiary/aromatic N) is 4. The quantitative estimate of drug-likeness (QED) is 0.150. The Morgan fingerprint density at radius 2 is 1.84 bits per heavy atom. The zero-order valence-corrected chi connectivity index (χ0v) is 30.9. The van der Waals surface area contributed by atoms with E-state index in [2.05, 4.69) is 64.8 Å². The standard InChI is InChI=1S/C43H39N7O5/c1-24(2)31-19-29(21-37-39(31)50(4)43(54)49(37)3)30-9-5-8-26-20-35(46-23-32(26)30)28-10-11-33(45-22-28)41(52)44-15-6-7-25-17-27-14-16-55-40(27)36(18-25)47-34-12-13-38(51)48-42(34)53/h5,8-11,17-24,34,47H,12-16H2,1-4H3,(H,44,52)(H,48,51,53). The molecule has 0 spiro atoms. The fraction of sp³-hybridized carbons (Fsp3) is 0.256. The molecule has 0 aliphatic carbocycles. The average molecular weight is 734 g/mol. The van der Waals surface area contributed by atoms with Gasteiger partial charge in [0.15, 0.2) is 0 Å². The molecule has 3 amide bonds. The molecule has 3 aromatic carbocycles. The van der Waals surface area contributed by atoms with Gasteiger partial charge in [-0.2, -0.15) is 0 Å². The molecule has 1 unspecified atom stereocenters. The monoisotopic (exact) mass is 733 g/mol. The topological polar surface area (TPSA) is 149 Å². The molecule has 0 saturated carbocycles. The maximum atomic E-state index is 13.0. The fourth-order valence-corrected chi connectivity index (χ4v) is 7.41. The van der Waals surface area contributed by atoms with E-state index in [-0.39, 0.29) is 48.0 Å². The number of amides is 3. The van der Waals surface area contributed by atoms with Crippen LogP contribution in [0.5, 0.6) is 5.75 Å². The highest BCUT2D eigenvalue weighted by molar-refractivity contribution is 6.02. The third kappa shape index (κ3) is 6.69. The van der Waals surface area contributed by atoms with Crippen molar-refractivity contribution in [3.8, 4) is 40.0 Å². The molecular weight excluding hydrogens is 695 g/mol. The predicted octanol–water partition coefficient (Wildman–Crippen LogP) is 5.21. The van der Waals surface area contributed by atoms with E-state index in [1.165, 1.54) is 0 Å². The minimum absolute atomic E-state index is 0.0521. The third-order valence-electron chi connectivity index (χ3n) is 10.3. The van der Waals surface area contributed by atoms with Crippen molar-refractivity contribution >= 4 is 45.2 Å². The Morgan fingerprint density at radius 1 is 0.982 bits per heavy atom. The first kappa shape index (κ1) is 35.3. The van der Waals surface area contributed by atoms with Crippen LogP contribution in [0.2, 0.25) is 0 Å². The number of carbonyl (C=O) groups is 3. The highest BCUT2D eigenvalue weighted by Crippen LogP contribution is 2.37. The number of hydrogen-bond donors (Lipinski definition) is 3. The average Bonchev–Trinajstić information content (AvgIpc) is 3.75. The third-order valence-corrected chi connectivity index (χ3v) is 10.3. The van der Waals surface area contributed by atoms with Gasteiger partial charge in [0.1, 0.15) is 17.5 Å². The number of aryl methyl sites for hydroxylation is 2. The van der Waals surface area contributed by atoms with Crippen LogP contribution in [0.4, 0.5) is 5.69 Å². The summed E-state index contributed by atoms with van der Waals surface area (Å²) < 4.78 is 9.23. The van der Waals surface area contributed by atoms with Crippen LogP contribution >= 0.6 is 0 Å². The van der Waals surface area contributed by atoms with Crippen molar-refractivity contribution in [2.24, 2.45) is 14.1 Å². The van der Waals surface area contributed by atoms with Crippen LogP contribution in [-0.2, 0) is 30.1 Å². The molecule has 3 N–H and O–H groups in total. The van der Waals surface area contributed by atoms with E-state index < -0.39 is 6.04 Å². The zero-order chi connectivity index (χ0) is 38.4. The largest absolute Gasteiger partial charge is 0.491 e. The Labute approximate surface area is 316 Å². The Morgan fingerprint density at radius 3 is 2.62 bits per heavy atom. The molecular formula is C43H39N7O5. The van der Waals surface area contributed by atoms with Crippen LogP contribution in [0.15, 0.2) is 77.9 Å². The van der Waals surface area contributed by atoms with Crippen molar-refractivity contribution in [3.63, 3.8) is 0 Å². The van der Waals surface area contributed by atoms with Gasteiger partial charge >= 0.3 is 5.69 Å². The fourth-order valence-electron chi connectivity index (χ4n) is 7.41. The second-order valence-corrected chi connectivity index (χ2v) is 14.3. The summed E-state index contributed by atoms with van der Waals surface area (Å²) in [6, 6.07) is 19.1. The van der Waals surface area contributed by atoms with Gasteiger partial charge in [-0.05, 0) is 76.9 Å². The second kappa shape index (κ2) is 14.2. The normalized spacial score (nSPS) is 15.0. The van der Waals surface area contributed by atoms with Crippen LogP contribution in [0, 0.1) is 11.8 Å². The van der Waals surface area contributed by atoms with Crippen LogP contribution in [0.1, 0.15) is 59.8 Å². The van der Waals surface area contributed by atoms with E-state index in [0.717, 1.165) is 67.3 Å². The van der Waals surface area contributed by atoms with Crippen LogP contribution in [0.3, 0.4) is 0 Å². The first-order valence-electron chi connectivity index (χ1n) is 18.3.